The van der Waals surface area contributed by atoms with Crippen molar-refractivity contribution in [1.82, 2.24) is 9.55 Å². The third kappa shape index (κ3) is 2.16. The first-order valence-electron chi connectivity index (χ1n) is 5.83. The average molecular weight is 268 g/mol. The van der Waals surface area contributed by atoms with Crippen molar-refractivity contribution in [2.75, 3.05) is 6.61 Å². The van der Waals surface area contributed by atoms with Crippen molar-refractivity contribution in [2.24, 2.45) is 5.92 Å². The normalized spacial score (nSPS) is 34.4. The van der Waals surface area contributed by atoms with Crippen LogP contribution in [-0.2, 0) is 4.74 Å². The van der Waals surface area contributed by atoms with Gasteiger partial charge in [0.2, 0.25) is 0 Å². The van der Waals surface area contributed by atoms with E-state index in [-0.39, 0.29) is 0 Å². The Balaban J connectivity index is 2.47. The van der Waals surface area contributed by atoms with Crippen LogP contribution in [0.5, 0.6) is 0 Å². The number of aromatic nitrogens is 2. The Morgan fingerprint density at radius 2 is 2.32 bits per heavy atom. The van der Waals surface area contributed by atoms with E-state index < -0.39 is 41.7 Å². The van der Waals surface area contributed by atoms with Gasteiger partial charge in [0.15, 0.2) is 0 Å². The first-order valence-corrected chi connectivity index (χ1v) is 5.83. The van der Waals surface area contributed by atoms with Crippen molar-refractivity contribution in [2.45, 2.75) is 24.9 Å². The Morgan fingerprint density at radius 3 is 2.84 bits per heavy atom. The molecule has 3 N–H and O–H groups in total. The monoisotopic (exact) mass is 268 g/mol. The number of aliphatic hydroxyl groups is 2. The Morgan fingerprint density at radius 1 is 1.63 bits per heavy atom. The molecule has 0 amide bonds. The zero-order valence-corrected chi connectivity index (χ0v) is 10.4. The summed E-state index contributed by atoms with van der Waals surface area (Å²) >= 11 is 0. The van der Waals surface area contributed by atoms with Crippen LogP contribution in [0.15, 0.2) is 34.5 Å². The van der Waals surface area contributed by atoms with E-state index in [9.17, 15) is 19.8 Å². The minimum absolute atomic E-state index is 0.396. The Kier molecular flexibility index (Phi) is 3.44. The van der Waals surface area contributed by atoms with Gasteiger partial charge in [0, 0.05) is 12.3 Å². The molecular weight excluding hydrogens is 252 g/mol. The van der Waals surface area contributed by atoms with Gasteiger partial charge >= 0.3 is 5.69 Å². The van der Waals surface area contributed by atoms with Crippen LogP contribution in [0.1, 0.15) is 13.2 Å². The number of nitrogens with one attached hydrogen (secondary N) is 1. The topological polar surface area (TPSA) is 105 Å². The molecule has 0 aliphatic carbocycles. The van der Waals surface area contributed by atoms with E-state index in [0.717, 1.165) is 4.57 Å². The molecule has 0 spiro atoms. The van der Waals surface area contributed by atoms with E-state index >= 15 is 0 Å². The third-order valence-electron chi connectivity index (χ3n) is 3.42. The van der Waals surface area contributed by atoms with Gasteiger partial charge in [-0.2, -0.15) is 0 Å². The summed E-state index contributed by atoms with van der Waals surface area (Å²) in [5.41, 5.74) is -2.34. The maximum absolute atomic E-state index is 11.7. The lowest BCUT2D eigenvalue weighted by molar-refractivity contribution is -0.117. The van der Waals surface area contributed by atoms with Crippen LogP contribution < -0.4 is 11.2 Å². The molecule has 0 unspecified atom stereocenters. The summed E-state index contributed by atoms with van der Waals surface area (Å²) in [7, 11) is 0. The first-order chi connectivity index (χ1) is 8.92. The van der Waals surface area contributed by atoms with Crippen molar-refractivity contribution >= 4 is 0 Å². The summed E-state index contributed by atoms with van der Waals surface area (Å²) in [6.45, 7) is 4.76. The van der Waals surface area contributed by atoms with Gasteiger partial charge in [0.05, 0.1) is 18.6 Å². The Bertz CT molecular complexity index is 592. The van der Waals surface area contributed by atoms with Crippen LogP contribution in [0.3, 0.4) is 0 Å². The molecule has 0 saturated carbocycles. The fourth-order valence-corrected chi connectivity index (χ4v) is 2.23. The fraction of sp³-hybridized carbons (Fsp3) is 0.500. The lowest BCUT2D eigenvalue weighted by Crippen LogP contribution is -2.41. The molecule has 1 aliphatic rings. The van der Waals surface area contributed by atoms with Crippen molar-refractivity contribution in [3.8, 4) is 0 Å². The van der Waals surface area contributed by atoms with Crippen LogP contribution in [0.4, 0.5) is 0 Å². The van der Waals surface area contributed by atoms with Crippen molar-refractivity contribution in [3.63, 3.8) is 0 Å². The van der Waals surface area contributed by atoms with E-state index in [1.807, 2.05) is 0 Å². The van der Waals surface area contributed by atoms with Crippen molar-refractivity contribution < 1.29 is 14.9 Å². The maximum atomic E-state index is 11.7. The molecule has 1 fully saturated rings. The number of aromatic amines is 1. The van der Waals surface area contributed by atoms with Gasteiger partial charge in [0.25, 0.3) is 5.56 Å². The SMILES string of the molecule is C=C[C@@H]1[C@H](n2ccc(=O)[nH]c2=O)O[C@](C)(CO)[C@H]1O. The number of nitrogens with zero attached hydrogens (tertiary/aromatic N) is 1. The predicted molar refractivity (Wildman–Crippen MR) is 66.6 cm³/mol. The van der Waals surface area contributed by atoms with Crippen LogP contribution in [0.25, 0.3) is 0 Å². The number of H-pyrrole nitrogens is 1. The second-order valence-corrected chi connectivity index (χ2v) is 4.75. The van der Waals surface area contributed by atoms with Crippen molar-refractivity contribution in [1.29, 1.82) is 0 Å². The van der Waals surface area contributed by atoms with Crippen molar-refractivity contribution in [3.05, 3.63) is 45.8 Å². The maximum Gasteiger partial charge on any atom is 0.330 e. The molecule has 0 radical (unpaired) electrons. The largest absolute Gasteiger partial charge is 0.393 e. The number of aliphatic hydroxyl groups excluding tert-OH is 2. The van der Waals surface area contributed by atoms with Gasteiger partial charge in [-0.1, -0.05) is 6.08 Å². The summed E-state index contributed by atoms with van der Waals surface area (Å²) in [5.74, 6) is -0.569. The van der Waals surface area contributed by atoms with Gasteiger partial charge in [-0.05, 0) is 6.92 Å². The standard InChI is InChI=1S/C12H16N2O5/c1-3-7-9(17)12(2,6-15)19-10(7)14-5-4-8(16)13-11(14)18/h3-5,7,9-10,15,17H,1,6H2,2H3,(H,13,16,18)/t7-,9-,10+,12+/m0/s1. The summed E-state index contributed by atoms with van der Waals surface area (Å²) in [6.07, 6.45) is 0.930. The van der Waals surface area contributed by atoms with Crippen LogP contribution in [0.2, 0.25) is 0 Å². The highest BCUT2D eigenvalue weighted by Crippen LogP contribution is 2.40. The van der Waals surface area contributed by atoms with Gasteiger partial charge in [-0.15, -0.1) is 6.58 Å². The number of rotatable bonds is 3. The van der Waals surface area contributed by atoms with Crippen LogP contribution in [-0.4, -0.2) is 38.1 Å². The quantitative estimate of drug-likeness (QED) is 0.609. The molecule has 104 valence electrons. The van der Waals surface area contributed by atoms with E-state index in [0.29, 0.717) is 0 Å². The molecule has 7 nitrogen and oxygen atoms in total. The molecule has 1 saturated heterocycles. The molecule has 1 aromatic heterocycles. The highest BCUT2D eigenvalue weighted by molar-refractivity contribution is 5.04. The second kappa shape index (κ2) is 4.76. The lowest BCUT2D eigenvalue weighted by atomic mass is 9.92. The summed E-state index contributed by atoms with van der Waals surface area (Å²) in [5, 5.41) is 19.5. The summed E-state index contributed by atoms with van der Waals surface area (Å²) in [4.78, 5) is 24.9. The van der Waals surface area contributed by atoms with Gasteiger partial charge in [0.1, 0.15) is 11.8 Å². The lowest BCUT2D eigenvalue weighted by Gasteiger charge is -2.25. The van der Waals surface area contributed by atoms with E-state index in [1.165, 1.54) is 18.3 Å². The average Bonchev–Trinajstić information content (AvgIpc) is 2.62. The van der Waals surface area contributed by atoms with Gasteiger partial charge in [-0.25, -0.2) is 4.79 Å². The highest BCUT2D eigenvalue weighted by atomic mass is 16.6. The molecule has 19 heavy (non-hydrogen) atoms. The fourth-order valence-electron chi connectivity index (χ4n) is 2.23. The molecule has 7 heteroatoms. The Hall–Kier alpha value is -1.70. The third-order valence-corrected chi connectivity index (χ3v) is 3.42. The van der Waals surface area contributed by atoms with Crippen LogP contribution in [0, 0.1) is 5.92 Å². The van der Waals surface area contributed by atoms with Gasteiger partial charge < -0.3 is 14.9 Å². The zero-order valence-electron chi connectivity index (χ0n) is 10.4. The molecule has 0 bridgehead atoms. The number of hydrogen-bond donors (Lipinski definition) is 3. The zero-order chi connectivity index (χ0) is 14.2. The molecule has 2 rings (SSSR count). The first kappa shape index (κ1) is 13.7. The summed E-state index contributed by atoms with van der Waals surface area (Å²) < 4.78 is 6.75. The molecule has 4 atom stereocenters. The molecular formula is C12H16N2O5. The van der Waals surface area contributed by atoms with E-state index in [1.54, 1.807) is 6.92 Å². The summed E-state index contributed by atoms with van der Waals surface area (Å²) in [6, 6.07) is 1.19. The molecule has 2 heterocycles. The number of hydrogen-bond acceptors (Lipinski definition) is 5. The highest BCUT2D eigenvalue weighted by Gasteiger charge is 2.51. The molecule has 1 aliphatic heterocycles. The molecule has 0 aromatic carbocycles. The number of ether oxygens (including phenoxy) is 1. The smallest absolute Gasteiger partial charge is 0.330 e. The minimum atomic E-state index is -1.18. The minimum Gasteiger partial charge on any atom is -0.393 e. The second-order valence-electron chi connectivity index (χ2n) is 4.75. The predicted octanol–water partition coefficient (Wildman–Crippen LogP) is -1.02. The van der Waals surface area contributed by atoms with E-state index in [4.69, 9.17) is 4.74 Å². The van der Waals surface area contributed by atoms with E-state index in [2.05, 4.69) is 11.6 Å². The molecule has 1 aromatic rings. The van der Waals surface area contributed by atoms with Crippen LogP contribution >= 0.6 is 0 Å². The van der Waals surface area contributed by atoms with Gasteiger partial charge in [-0.3, -0.25) is 14.3 Å². The Labute approximate surface area is 108 Å².